The van der Waals surface area contributed by atoms with Crippen LogP contribution in [0.3, 0.4) is 0 Å². The van der Waals surface area contributed by atoms with E-state index in [1.54, 1.807) is 11.3 Å². The van der Waals surface area contributed by atoms with Gasteiger partial charge in [-0.25, -0.2) is 9.36 Å². The van der Waals surface area contributed by atoms with Gasteiger partial charge in [-0.1, -0.05) is 17.7 Å². The molecule has 0 fully saturated rings. The van der Waals surface area contributed by atoms with Crippen LogP contribution in [0.1, 0.15) is 23.9 Å². The fourth-order valence-electron chi connectivity index (χ4n) is 3.84. The summed E-state index contributed by atoms with van der Waals surface area (Å²) < 4.78 is 10.7. The number of nitrogens with zero attached hydrogens (tertiary/aromatic N) is 5. The number of aromatic nitrogens is 5. The molecule has 3 heterocycles. The van der Waals surface area contributed by atoms with Gasteiger partial charge in [0.1, 0.15) is 6.54 Å². The van der Waals surface area contributed by atoms with Crippen LogP contribution < -0.4 is 11.2 Å². The zero-order valence-electron chi connectivity index (χ0n) is 17.9. The number of carbonyl (C=O) groups excluding carboxylic acids is 1. The number of esters is 1. The van der Waals surface area contributed by atoms with E-state index >= 15 is 0 Å². The van der Waals surface area contributed by atoms with E-state index in [0.717, 1.165) is 27.2 Å². The smallest absolute Gasteiger partial charge is 0.333 e. The van der Waals surface area contributed by atoms with Gasteiger partial charge in [0.25, 0.3) is 5.56 Å². The standard InChI is InChI=1S/C21H22ClN5O4/c1-6-31-16(28)10-25-19(29)17-18(24(5)21(25)30)23-20-26(12(3)13(4)27(17)20)15-9-14(22)8-7-11(15)2/h7-9H,6,10H2,1-5H3. The highest BCUT2D eigenvalue weighted by Crippen LogP contribution is 2.27. The first-order chi connectivity index (χ1) is 14.7. The molecule has 0 amide bonds. The highest BCUT2D eigenvalue weighted by atomic mass is 35.5. The second-order valence-electron chi connectivity index (χ2n) is 7.39. The third-order valence-electron chi connectivity index (χ3n) is 5.52. The maximum atomic E-state index is 13.3. The molecule has 0 saturated heterocycles. The zero-order valence-corrected chi connectivity index (χ0v) is 18.6. The van der Waals surface area contributed by atoms with Gasteiger partial charge in [0, 0.05) is 23.5 Å². The monoisotopic (exact) mass is 443 g/mol. The number of hydrogen-bond acceptors (Lipinski definition) is 5. The van der Waals surface area contributed by atoms with Crippen LogP contribution in [0.4, 0.5) is 0 Å². The van der Waals surface area contributed by atoms with Gasteiger partial charge in [-0.15, -0.1) is 0 Å². The first-order valence-corrected chi connectivity index (χ1v) is 10.2. The molecule has 0 aliphatic carbocycles. The Labute approximate surface area is 182 Å². The van der Waals surface area contributed by atoms with E-state index in [0.29, 0.717) is 10.8 Å². The lowest BCUT2D eigenvalue weighted by molar-refractivity contribution is -0.143. The third kappa shape index (κ3) is 3.07. The number of fused-ring (bicyclic) bond motifs is 3. The van der Waals surface area contributed by atoms with E-state index in [-0.39, 0.29) is 17.8 Å². The number of benzene rings is 1. The van der Waals surface area contributed by atoms with Crippen molar-refractivity contribution in [3.63, 3.8) is 0 Å². The minimum Gasteiger partial charge on any atom is -0.465 e. The summed E-state index contributed by atoms with van der Waals surface area (Å²) >= 11 is 6.24. The molecule has 0 unspecified atom stereocenters. The van der Waals surface area contributed by atoms with Crippen molar-refractivity contribution < 1.29 is 9.53 Å². The molecule has 10 heteroatoms. The molecule has 0 N–H and O–H groups in total. The van der Waals surface area contributed by atoms with Gasteiger partial charge in [-0.3, -0.25) is 23.1 Å². The van der Waals surface area contributed by atoms with Gasteiger partial charge in [0.2, 0.25) is 5.78 Å². The quantitative estimate of drug-likeness (QED) is 0.451. The Balaban J connectivity index is 2.11. The summed E-state index contributed by atoms with van der Waals surface area (Å²) in [6, 6.07) is 5.55. The zero-order chi connectivity index (χ0) is 22.6. The van der Waals surface area contributed by atoms with Crippen molar-refractivity contribution in [1.82, 2.24) is 23.1 Å². The van der Waals surface area contributed by atoms with Crippen LogP contribution in [0, 0.1) is 20.8 Å². The van der Waals surface area contributed by atoms with E-state index in [2.05, 4.69) is 4.98 Å². The summed E-state index contributed by atoms with van der Waals surface area (Å²) in [5.74, 6) is -0.168. The van der Waals surface area contributed by atoms with Gasteiger partial charge in [0.05, 0.1) is 12.3 Å². The van der Waals surface area contributed by atoms with Gasteiger partial charge < -0.3 is 4.74 Å². The fraction of sp³-hybridized carbons (Fsp3) is 0.333. The lowest BCUT2D eigenvalue weighted by atomic mass is 10.2. The maximum absolute atomic E-state index is 13.3. The van der Waals surface area contributed by atoms with E-state index in [4.69, 9.17) is 16.3 Å². The number of aryl methyl sites for hydroxylation is 3. The molecule has 0 atom stereocenters. The number of ether oxygens (including phenoxy) is 1. The molecule has 0 bridgehead atoms. The highest BCUT2D eigenvalue weighted by Gasteiger charge is 2.24. The van der Waals surface area contributed by atoms with Crippen molar-refractivity contribution in [2.45, 2.75) is 34.2 Å². The van der Waals surface area contributed by atoms with Crippen LogP contribution in [0.25, 0.3) is 22.6 Å². The van der Waals surface area contributed by atoms with E-state index < -0.39 is 23.8 Å². The Morgan fingerprint density at radius 3 is 2.55 bits per heavy atom. The number of halogens is 1. The molecule has 162 valence electrons. The topological polar surface area (TPSA) is 92.5 Å². The van der Waals surface area contributed by atoms with Gasteiger partial charge in [-0.05, 0) is 45.4 Å². The summed E-state index contributed by atoms with van der Waals surface area (Å²) in [6.07, 6.45) is 0. The van der Waals surface area contributed by atoms with Crippen LogP contribution in [0.15, 0.2) is 27.8 Å². The summed E-state index contributed by atoms with van der Waals surface area (Å²) in [5.41, 5.74) is 2.70. The predicted octanol–water partition coefficient (Wildman–Crippen LogP) is 2.28. The molecule has 9 nitrogen and oxygen atoms in total. The number of imidazole rings is 2. The van der Waals surface area contributed by atoms with Crippen molar-refractivity contribution in [3.05, 3.63) is 61.0 Å². The first-order valence-electron chi connectivity index (χ1n) is 9.79. The minimum absolute atomic E-state index is 0.160. The Morgan fingerprint density at radius 2 is 1.87 bits per heavy atom. The van der Waals surface area contributed by atoms with E-state index in [1.165, 1.54) is 11.6 Å². The third-order valence-corrected chi connectivity index (χ3v) is 5.76. The SMILES string of the molecule is CCOC(=O)Cn1c(=O)c2c(nc3n(-c4cc(Cl)ccc4C)c(C)c(C)n23)n(C)c1=O. The maximum Gasteiger partial charge on any atom is 0.333 e. The van der Waals surface area contributed by atoms with Crippen LogP contribution >= 0.6 is 11.6 Å². The molecule has 0 saturated carbocycles. The van der Waals surface area contributed by atoms with E-state index in [1.807, 2.05) is 43.5 Å². The van der Waals surface area contributed by atoms with Gasteiger partial charge >= 0.3 is 11.7 Å². The highest BCUT2D eigenvalue weighted by molar-refractivity contribution is 6.30. The molecule has 1 aromatic carbocycles. The van der Waals surface area contributed by atoms with Crippen molar-refractivity contribution in [2.75, 3.05) is 6.61 Å². The molecule has 0 radical (unpaired) electrons. The van der Waals surface area contributed by atoms with Gasteiger partial charge in [-0.2, -0.15) is 4.98 Å². The summed E-state index contributed by atoms with van der Waals surface area (Å²) in [5, 5.41) is 0.574. The number of rotatable bonds is 4. The molecule has 0 aliphatic rings. The van der Waals surface area contributed by atoms with E-state index in [9.17, 15) is 14.4 Å². The fourth-order valence-corrected chi connectivity index (χ4v) is 4.00. The van der Waals surface area contributed by atoms with Crippen molar-refractivity contribution in [2.24, 2.45) is 7.05 Å². The molecule has 0 spiro atoms. The Bertz CT molecular complexity index is 1490. The van der Waals surface area contributed by atoms with Crippen LogP contribution in [-0.2, 0) is 23.1 Å². The van der Waals surface area contributed by atoms with Crippen molar-refractivity contribution >= 4 is 34.5 Å². The molecule has 4 aromatic rings. The summed E-state index contributed by atoms with van der Waals surface area (Å²) in [4.78, 5) is 42.7. The average Bonchev–Trinajstić information content (AvgIpc) is 3.22. The molecule has 3 aromatic heterocycles. The van der Waals surface area contributed by atoms with Gasteiger partial charge in [0.15, 0.2) is 11.2 Å². The Kier molecular flexibility index (Phi) is 5.01. The lowest BCUT2D eigenvalue weighted by Gasteiger charge is -2.10. The largest absolute Gasteiger partial charge is 0.465 e. The molecule has 0 aliphatic heterocycles. The summed E-state index contributed by atoms with van der Waals surface area (Å²) in [7, 11) is 1.52. The lowest BCUT2D eigenvalue weighted by Crippen LogP contribution is -2.41. The van der Waals surface area contributed by atoms with Crippen LogP contribution in [0.2, 0.25) is 5.02 Å². The average molecular weight is 444 g/mol. The van der Waals surface area contributed by atoms with Crippen molar-refractivity contribution in [1.29, 1.82) is 0 Å². The van der Waals surface area contributed by atoms with Crippen LogP contribution in [0.5, 0.6) is 0 Å². The first kappa shape index (κ1) is 20.9. The number of carbonyl (C=O) groups is 1. The molecular weight excluding hydrogens is 422 g/mol. The Morgan fingerprint density at radius 1 is 1.16 bits per heavy atom. The second kappa shape index (κ2) is 7.42. The predicted molar refractivity (Wildman–Crippen MR) is 117 cm³/mol. The Hall–Kier alpha value is -3.33. The second-order valence-corrected chi connectivity index (χ2v) is 7.83. The molecule has 4 rings (SSSR count). The summed E-state index contributed by atoms with van der Waals surface area (Å²) in [6.45, 7) is 7.12. The number of hydrogen-bond donors (Lipinski definition) is 0. The normalized spacial score (nSPS) is 11.5. The van der Waals surface area contributed by atoms with Crippen LogP contribution in [-0.4, -0.2) is 35.7 Å². The minimum atomic E-state index is -0.651. The van der Waals surface area contributed by atoms with Crippen molar-refractivity contribution in [3.8, 4) is 5.69 Å². The molecular formula is C21H22ClN5O4. The molecule has 31 heavy (non-hydrogen) atoms.